The van der Waals surface area contributed by atoms with E-state index in [9.17, 15) is 4.79 Å². The first kappa shape index (κ1) is 15.6. The van der Waals surface area contributed by atoms with E-state index in [4.69, 9.17) is 9.72 Å². The third-order valence-electron chi connectivity index (χ3n) is 4.23. The average molecular weight is 318 g/mol. The number of rotatable bonds is 5. The first-order chi connectivity index (χ1) is 10.8. The van der Waals surface area contributed by atoms with E-state index in [0.717, 1.165) is 34.7 Å². The summed E-state index contributed by atoms with van der Waals surface area (Å²) in [6.07, 6.45) is 5.84. The van der Waals surface area contributed by atoms with Gasteiger partial charge >= 0.3 is 0 Å². The highest BCUT2D eigenvalue weighted by molar-refractivity contribution is 7.99. The molecule has 1 aromatic heterocycles. The minimum absolute atomic E-state index is 0.109. The second kappa shape index (κ2) is 7.29. The Bertz CT molecular complexity index is 693. The van der Waals surface area contributed by atoms with Crippen LogP contribution in [0.25, 0.3) is 10.9 Å². The monoisotopic (exact) mass is 318 g/mol. The smallest absolute Gasteiger partial charge is 0.262 e. The standard InChI is InChI=1S/C17H22N2O2S/c1-21-11-12-22-17-18-15-10-6-5-9-14(15)16(20)19(17)13-7-3-2-4-8-13/h5-6,9-10,13H,2-4,7-8,11-12H2,1H3. The van der Waals surface area contributed by atoms with Gasteiger partial charge in [0.15, 0.2) is 5.16 Å². The molecule has 1 saturated carbocycles. The molecule has 5 heteroatoms. The highest BCUT2D eigenvalue weighted by atomic mass is 32.2. The molecule has 1 fully saturated rings. The molecule has 1 aliphatic rings. The van der Waals surface area contributed by atoms with Crippen molar-refractivity contribution in [2.75, 3.05) is 19.5 Å². The van der Waals surface area contributed by atoms with Crippen molar-refractivity contribution in [1.82, 2.24) is 9.55 Å². The molecule has 1 heterocycles. The molecule has 118 valence electrons. The molecule has 0 spiro atoms. The van der Waals surface area contributed by atoms with Crippen LogP contribution >= 0.6 is 11.8 Å². The lowest BCUT2D eigenvalue weighted by atomic mass is 9.95. The number of para-hydroxylation sites is 1. The molecule has 2 aromatic rings. The highest BCUT2D eigenvalue weighted by Gasteiger charge is 2.21. The Labute approximate surface area is 134 Å². The molecule has 22 heavy (non-hydrogen) atoms. The van der Waals surface area contributed by atoms with Crippen LogP contribution < -0.4 is 5.56 Å². The van der Waals surface area contributed by atoms with Crippen LogP contribution in [-0.4, -0.2) is 29.0 Å². The number of fused-ring (bicyclic) bond motifs is 1. The van der Waals surface area contributed by atoms with Gasteiger partial charge in [0.25, 0.3) is 5.56 Å². The van der Waals surface area contributed by atoms with Gasteiger partial charge in [-0.3, -0.25) is 9.36 Å². The summed E-state index contributed by atoms with van der Waals surface area (Å²) < 4.78 is 7.08. The molecule has 1 aliphatic carbocycles. The normalized spacial score (nSPS) is 16.2. The number of hydrogen-bond acceptors (Lipinski definition) is 4. The summed E-state index contributed by atoms with van der Waals surface area (Å²) >= 11 is 1.62. The third-order valence-corrected chi connectivity index (χ3v) is 5.15. The van der Waals surface area contributed by atoms with Gasteiger partial charge in [-0.25, -0.2) is 4.98 Å². The van der Waals surface area contributed by atoms with E-state index in [2.05, 4.69) is 0 Å². The summed E-state index contributed by atoms with van der Waals surface area (Å²) in [5.74, 6) is 0.813. The zero-order chi connectivity index (χ0) is 15.4. The molecule has 0 bridgehead atoms. The predicted octanol–water partition coefficient (Wildman–Crippen LogP) is 3.64. The number of benzene rings is 1. The van der Waals surface area contributed by atoms with E-state index < -0.39 is 0 Å². The number of hydrogen-bond donors (Lipinski definition) is 0. The molecular formula is C17H22N2O2S. The Kier molecular flexibility index (Phi) is 5.16. The van der Waals surface area contributed by atoms with Gasteiger partial charge in [0.2, 0.25) is 0 Å². The van der Waals surface area contributed by atoms with E-state index in [0.29, 0.717) is 12.6 Å². The maximum absolute atomic E-state index is 13.0. The lowest BCUT2D eigenvalue weighted by Crippen LogP contribution is -2.29. The Morgan fingerprint density at radius 2 is 2.05 bits per heavy atom. The first-order valence-corrected chi connectivity index (χ1v) is 8.93. The van der Waals surface area contributed by atoms with Crippen molar-refractivity contribution in [3.63, 3.8) is 0 Å². The largest absolute Gasteiger partial charge is 0.384 e. The van der Waals surface area contributed by atoms with E-state index >= 15 is 0 Å². The van der Waals surface area contributed by atoms with Gasteiger partial charge in [0.1, 0.15) is 0 Å². The summed E-state index contributed by atoms with van der Waals surface area (Å²) in [6, 6.07) is 7.94. The second-order valence-electron chi connectivity index (χ2n) is 5.72. The van der Waals surface area contributed by atoms with Gasteiger partial charge in [-0.2, -0.15) is 0 Å². The first-order valence-electron chi connectivity index (χ1n) is 7.94. The SMILES string of the molecule is COCCSc1nc2ccccc2c(=O)n1C1CCCCC1. The molecular weight excluding hydrogens is 296 g/mol. The fraction of sp³-hybridized carbons (Fsp3) is 0.529. The van der Waals surface area contributed by atoms with Gasteiger partial charge in [0.05, 0.1) is 17.5 Å². The Morgan fingerprint density at radius 1 is 1.27 bits per heavy atom. The average Bonchev–Trinajstić information content (AvgIpc) is 2.56. The number of ether oxygens (including phenoxy) is 1. The lowest BCUT2D eigenvalue weighted by Gasteiger charge is -2.26. The van der Waals surface area contributed by atoms with Crippen LogP contribution in [-0.2, 0) is 4.74 Å². The maximum atomic E-state index is 13.0. The van der Waals surface area contributed by atoms with Crippen molar-refractivity contribution >= 4 is 22.7 Å². The summed E-state index contributed by atoms with van der Waals surface area (Å²) in [5, 5.41) is 1.57. The van der Waals surface area contributed by atoms with Crippen LogP contribution in [0.4, 0.5) is 0 Å². The zero-order valence-corrected chi connectivity index (χ0v) is 13.8. The van der Waals surface area contributed by atoms with Crippen LogP contribution in [0.3, 0.4) is 0 Å². The van der Waals surface area contributed by atoms with E-state index in [1.165, 1.54) is 19.3 Å². The van der Waals surface area contributed by atoms with Gasteiger partial charge in [-0.15, -0.1) is 0 Å². The van der Waals surface area contributed by atoms with Crippen LogP contribution in [0.5, 0.6) is 0 Å². The molecule has 0 atom stereocenters. The number of thioether (sulfide) groups is 1. The Morgan fingerprint density at radius 3 is 2.82 bits per heavy atom. The summed E-state index contributed by atoms with van der Waals surface area (Å²) in [7, 11) is 1.70. The molecule has 0 N–H and O–H groups in total. The van der Waals surface area contributed by atoms with Crippen LogP contribution in [0.2, 0.25) is 0 Å². The van der Waals surface area contributed by atoms with E-state index in [-0.39, 0.29) is 5.56 Å². The molecule has 4 nitrogen and oxygen atoms in total. The van der Waals surface area contributed by atoms with Gasteiger partial charge in [-0.05, 0) is 25.0 Å². The van der Waals surface area contributed by atoms with Gasteiger partial charge in [0, 0.05) is 18.9 Å². The molecule has 1 aromatic carbocycles. The molecule has 0 saturated heterocycles. The minimum atomic E-state index is 0.109. The fourth-order valence-corrected chi connectivity index (χ4v) is 4.07. The van der Waals surface area contributed by atoms with Crippen molar-refractivity contribution in [3.8, 4) is 0 Å². The molecule has 0 unspecified atom stereocenters. The van der Waals surface area contributed by atoms with Crippen molar-refractivity contribution in [3.05, 3.63) is 34.6 Å². The van der Waals surface area contributed by atoms with Crippen LogP contribution in [0.15, 0.2) is 34.2 Å². The van der Waals surface area contributed by atoms with Gasteiger partial charge in [-0.1, -0.05) is 43.2 Å². The summed E-state index contributed by atoms with van der Waals surface area (Å²) in [4.78, 5) is 17.7. The quantitative estimate of drug-likeness (QED) is 0.479. The van der Waals surface area contributed by atoms with Crippen LogP contribution in [0, 0.1) is 0 Å². The third kappa shape index (κ3) is 3.20. The maximum Gasteiger partial charge on any atom is 0.262 e. The second-order valence-corrected chi connectivity index (χ2v) is 6.78. The minimum Gasteiger partial charge on any atom is -0.384 e. The predicted molar refractivity (Wildman–Crippen MR) is 90.7 cm³/mol. The van der Waals surface area contributed by atoms with Gasteiger partial charge < -0.3 is 4.74 Å². The number of nitrogens with zero attached hydrogens (tertiary/aromatic N) is 2. The van der Waals surface area contributed by atoms with Crippen molar-refractivity contribution in [2.45, 2.75) is 43.3 Å². The van der Waals surface area contributed by atoms with Crippen molar-refractivity contribution in [1.29, 1.82) is 0 Å². The van der Waals surface area contributed by atoms with E-state index in [1.807, 2.05) is 28.8 Å². The molecule has 0 amide bonds. The van der Waals surface area contributed by atoms with Crippen molar-refractivity contribution < 1.29 is 4.74 Å². The zero-order valence-electron chi connectivity index (χ0n) is 13.0. The summed E-state index contributed by atoms with van der Waals surface area (Å²) in [6.45, 7) is 0.665. The van der Waals surface area contributed by atoms with Crippen molar-refractivity contribution in [2.24, 2.45) is 0 Å². The lowest BCUT2D eigenvalue weighted by molar-refractivity contribution is 0.218. The number of aromatic nitrogens is 2. The molecule has 0 aliphatic heterocycles. The molecule has 0 radical (unpaired) electrons. The highest BCUT2D eigenvalue weighted by Crippen LogP contribution is 2.30. The van der Waals surface area contributed by atoms with Crippen LogP contribution in [0.1, 0.15) is 38.1 Å². The molecule has 3 rings (SSSR count). The fourth-order valence-electron chi connectivity index (χ4n) is 3.10. The summed E-state index contributed by atoms with van der Waals surface area (Å²) in [5.41, 5.74) is 0.900. The topological polar surface area (TPSA) is 44.1 Å². The number of methoxy groups -OCH3 is 1. The van der Waals surface area contributed by atoms with E-state index in [1.54, 1.807) is 18.9 Å². The Balaban J connectivity index is 2.06. The Hall–Kier alpha value is -1.33.